The van der Waals surface area contributed by atoms with Crippen LogP contribution in [0, 0.1) is 5.92 Å². The van der Waals surface area contributed by atoms with Crippen LogP contribution < -0.4 is 5.32 Å². The van der Waals surface area contributed by atoms with Gasteiger partial charge in [-0.2, -0.15) is 0 Å². The molecule has 1 fully saturated rings. The summed E-state index contributed by atoms with van der Waals surface area (Å²) in [6.07, 6.45) is 4.69. The van der Waals surface area contributed by atoms with Crippen LogP contribution in [0.2, 0.25) is 0 Å². The maximum atomic E-state index is 4.44. The van der Waals surface area contributed by atoms with Gasteiger partial charge in [0.2, 0.25) is 0 Å². The van der Waals surface area contributed by atoms with Crippen molar-refractivity contribution < 1.29 is 0 Å². The van der Waals surface area contributed by atoms with Crippen LogP contribution in [0.4, 0.5) is 5.69 Å². The van der Waals surface area contributed by atoms with Gasteiger partial charge in [0, 0.05) is 31.0 Å². The van der Waals surface area contributed by atoms with Crippen LogP contribution >= 0.6 is 0 Å². The van der Waals surface area contributed by atoms with Gasteiger partial charge in [0.1, 0.15) is 0 Å². The highest BCUT2D eigenvalue weighted by molar-refractivity contribution is 5.42. The van der Waals surface area contributed by atoms with E-state index >= 15 is 0 Å². The molecule has 1 aromatic rings. The monoisotopic (exact) mass is 233 g/mol. The van der Waals surface area contributed by atoms with Gasteiger partial charge in [-0.05, 0) is 51.8 Å². The minimum Gasteiger partial charge on any atom is -0.385 e. The van der Waals surface area contributed by atoms with E-state index in [0.717, 1.165) is 24.7 Å². The smallest absolute Gasteiger partial charge is 0.0564 e. The van der Waals surface area contributed by atoms with Crippen LogP contribution in [0.3, 0.4) is 0 Å². The molecule has 2 rings (SSSR count). The number of rotatable bonds is 6. The van der Waals surface area contributed by atoms with Crippen LogP contribution in [0.15, 0.2) is 18.3 Å². The Kier molecular flexibility index (Phi) is 4.00. The second-order valence-electron chi connectivity index (χ2n) is 5.06. The molecular formula is C14H23N3. The summed E-state index contributed by atoms with van der Waals surface area (Å²) in [6.45, 7) is 6.34. The van der Waals surface area contributed by atoms with Crippen molar-refractivity contribution in [3.63, 3.8) is 0 Å². The van der Waals surface area contributed by atoms with E-state index in [4.69, 9.17) is 0 Å². The number of aromatic nitrogens is 1. The van der Waals surface area contributed by atoms with Gasteiger partial charge in [-0.15, -0.1) is 0 Å². The average Bonchev–Trinajstić information content (AvgIpc) is 3.13. The topological polar surface area (TPSA) is 28.2 Å². The molecule has 0 spiro atoms. The Bertz CT molecular complexity index is 360. The molecule has 1 saturated carbocycles. The largest absolute Gasteiger partial charge is 0.385 e. The van der Waals surface area contributed by atoms with Crippen molar-refractivity contribution in [1.29, 1.82) is 0 Å². The Labute approximate surface area is 104 Å². The second-order valence-corrected chi connectivity index (χ2v) is 5.06. The molecule has 0 radical (unpaired) electrons. The molecule has 3 nitrogen and oxygen atoms in total. The number of nitrogens with one attached hydrogen (secondary N) is 1. The fourth-order valence-corrected chi connectivity index (χ4v) is 2.22. The van der Waals surface area contributed by atoms with E-state index in [1.165, 1.54) is 18.5 Å². The number of nitrogens with zero attached hydrogens (tertiary/aromatic N) is 2. The summed E-state index contributed by atoms with van der Waals surface area (Å²) >= 11 is 0. The molecule has 0 aliphatic heterocycles. The van der Waals surface area contributed by atoms with E-state index in [1.54, 1.807) is 0 Å². The van der Waals surface area contributed by atoms with Gasteiger partial charge < -0.3 is 5.32 Å². The van der Waals surface area contributed by atoms with E-state index in [0.29, 0.717) is 6.04 Å². The summed E-state index contributed by atoms with van der Waals surface area (Å²) in [6, 6.07) is 4.86. The first-order valence-electron chi connectivity index (χ1n) is 6.59. The van der Waals surface area contributed by atoms with Crippen molar-refractivity contribution in [2.24, 2.45) is 5.92 Å². The van der Waals surface area contributed by atoms with Crippen LogP contribution in [0.1, 0.15) is 32.4 Å². The number of hydrogen-bond donors (Lipinski definition) is 1. The second kappa shape index (κ2) is 5.50. The van der Waals surface area contributed by atoms with Crippen LogP contribution in [-0.4, -0.2) is 29.5 Å². The van der Waals surface area contributed by atoms with E-state index < -0.39 is 0 Å². The molecule has 0 bridgehead atoms. The normalized spacial score (nSPS) is 17.2. The van der Waals surface area contributed by atoms with Gasteiger partial charge in [-0.25, -0.2) is 0 Å². The van der Waals surface area contributed by atoms with Crippen molar-refractivity contribution >= 4 is 5.69 Å². The molecule has 1 aromatic heterocycles. The van der Waals surface area contributed by atoms with Crippen LogP contribution in [0.25, 0.3) is 0 Å². The van der Waals surface area contributed by atoms with Crippen molar-refractivity contribution in [2.75, 3.05) is 18.9 Å². The predicted molar refractivity (Wildman–Crippen MR) is 72.1 cm³/mol. The van der Waals surface area contributed by atoms with E-state index in [1.807, 2.05) is 12.3 Å². The van der Waals surface area contributed by atoms with Gasteiger partial charge in [0.15, 0.2) is 0 Å². The molecule has 94 valence electrons. The first-order valence-corrected chi connectivity index (χ1v) is 6.59. The van der Waals surface area contributed by atoms with Gasteiger partial charge in [0.05, 0.1) is 5.69 Å². The minimum absolute atomic E-state index is 0.680. The molecule has 17 heavy (non-hydrogen) atoms. The number of anilines is 1. The number of pyridine rings is 1. The lowest BCUT2D eigenvalue weighted by Crippen LogP contribution is -2.30. The van der Waals surface area contributed by atoms with Crippen molar-refractivity contribution in [2.45, 2.75) is 39.3 Å². The maximum Gasteiger partial charge on any atom is 0.0564 e. The highest BCUT2D eigenvalue weighted by Gasteiger charge is 2.30. The SMILES string of the molecule is CCNc1ccnc(CN(C)C(C)C2CC2)c1. The summed E-state index contributed by atoms with van der Waals surface area (Å²) in [4.78, 5) is 6.85. The summed E-state index contributed by atoms with van der Waals surface area (Å²) in [5.41, 5.74) is 2.32. The fraction of sp³-hybridized carbons (Fsp3) is 0.643. The highest BCUT2D eigenvalue weighted by atomic mass is 15.1. The molecule has 1 atom stereocenters. The van der Waals surface area contributed by atoms with E-state index in [9.17, 15) is 0 Å². The van der Waals surface area contributed by atoms with Crippen LogP contribution in [-0.2, 0) is 6.54 Å². The van der Waals surface area contributed by atoms with Gasteiger partial charge in [-0.3, -0.25) is 9.88 Å². The third kappa shape index (κ3) is 3.43. The van der Waals surface area contributed by atoms with Crippen molar-refractivity contribution in [3.8, 4) is 0 Å². The maximum absolute atomic E-state index is 4.44. The highest BCUT2D eigenvalue weighted by Crippen LogP contribution is 2.35. The van der Waals surface area contributed by atoms with E-state index in [-0.39, 0.29) is 0 Å². The summed E-state index contributed by atoms with van der Waals surface area (Å²) in [5.74, 6) is 0.914. The number of hydrogen-bond acceptors (Lipinski definition) is 3. The standard InChI is InChI=1S/C14H23N3/c1-4-15-13-7-8-16-14(9-13)10-17(3)11(2)12-5-6-12/h7-9,11-12H,4-6,10H2,1-3H3,(H,15,16). The molecule has 0 saturated heterocycles. The Balaban J connectivity index is 1.94. The Morgan fingerprint density at radius 2 is 2.29 bits per heavy atom. The molecule has 1 aliphatic carbocycles. The predicted octanol–water partition coefficient (Wildman–Crippen LogP) is 2.74. The molecule has 0 amide bonds. The third-order valence-corrected chi connectivity index (χ3v) is 3.61. The molecular weight excluding hydrogens is 210 g/mol. The lowest BCUT2D eigenvalue weighted by Gasteiger charge is -2.24. The zero-order chi connectivity index (χ0) is 12.3. The zero-order valence-electron chi connectivity index (χ0n) is 11.1. The van der Waals surface area contributed by atoms with Crippen molar-refractivity contribution in [1.82, 2.24) is 9.88 Å². The minimum atomic E-state index is 0.680. The van der Waals surface area contributed by atoms with Gasteiger partial charge in [0.25, 0.3) is 0 Å². The lowest BCUT2D eigenvalue weighted by molar-refractivity contribution is 0.224. The zero-order valence-corrected chi connectivity index (χ0v) is 11.1. The molecule has 0 aromatic carbocycles. The molecule has 1 aliphatic rings. The summed E-state index contributed by atoms with van der Waals surface area (Å²) in [7, 11) is 2.20. The Morgan fingerprint density at radius 3 is 2.94 bits per heavy atom. The Hall–Kier alpha value is -1.09. The third-order valence-electron chi connectivity index (χ3n) is 3.61. The molecule has 1 unspecified atom stereocenters. The fourth-order valence-electron chi connectivity index (χ4n) is 2.22. The van der Waals surface area contributed by atoms with Crippen LogP contribution in [0.5, 0.6) is 0 Å². The van der Waals surface area contributed by atoms with Gasteiger partial charge in [-0.1, -0.05) is 0 Å². The first-order chi connectivity index (χ1) is 8.20. The molecule has 1 N–H and O–H groups in total. The average molecular weight is 233 g/mol. The molecule has 1 heterocycles. The lowest BCUT2D eigenvalue weighted by atomic mass is 10.2. The van der Waals surface area contributed by atoms with Crippen molar-refractivity contribution in [3.05, 3.63) is 24.0 Å². The Morgan fingerprint density at radius 1 is 1.53 bits per heavy atom. The first kappa shape index (κ1) is 12.4. The van der Waals surface area contributed by atoms with Gasteiger partial charge >= 0.3 is 0 Å². The quantitative estimate of drug-likeness (QED) is 0.819. The van der Waals surface area contributed by atoms with E-state index in [2.05, 4.69) is 42.2 Å². The molecule has 3 heteroatoms. The summed E-state index contributed by atoms with van der Waals surface area (Å²) < 4.78 is 0. The summed E-state index contributed by atoms with van der Waals surface area (Å²) in [5, 5.41) is 3.33.